The molecule has 0 aromatic rings. The summed E-state index contributed by atoms with van der Waals surface area (Å²) >= 11 is 0. The van der Waals surface area contributed by atoms with Gasteiger partial charge in [-0.3, -0.25) is 0 Å². The molecule has 0 aliphatic rings. The summed E-state index contributed by atoms with van der Waals surface area (Å²) in [6.45, 7) is 1.21. The Balaban J connectivity index is 4.61. The van der Waals surface area contributed by atoms with Crippen molar-refractivity contribution in [3.05, 3.63) is 0 Å². The third-order valence-corrected chi connectivity index (χ3v) is 3.44. The molecule has 0 aliphatic carbocycles. The zero-order valence-corrected chi connectivity index (χ0v) is 10.3. The fourth-order valence-corrected chi connectivity index (χ4v) is 2.30. The van der Waals surface area contributed by atoms with E-state index >= 15 is 0 Å². The lowest BCUT2D eigenvalue weighted by atomic mass is 10.2. The van der Waals surface area contributed by atoms with Crippen molar-refractivity contribution in [2.24, 2.45) is 5.92 Å². The summed E-state index contributed by atoms with van der Waals surface area (Å²) in [5.41, 5.74) is 0. The van der Waals surface area contributed by atoms with Crippen LogP contribution in [0.5, 0.6) is 0 Å². The number of hydrogen-bond acceptors (Lipinski definition) is 3. The smallest absolute Gasteiger partial charge is 0.198 e. The van der Waals surface area contributed by atoms with Gasteiger partial charge in [0.2, 0.25) is 0 Å². The molecule has 0 rings (SSSR count). The Bertz CT molecular complexity index is 374. The average Bonchev–Trinajstić information content (AvgIpc) is 2.21. The van der Waals surface area contributed by atoms with Gasteiger partial charge in [-0.1, -0.05) is 6.92 Å². The Morgan fingerprint density at radius 3 is 2.35 bits per heavy atom. The molecule has 0 fully saturated rings. The van der Waals surface area contributed by atoms with Crippen molar-refractivity contribution in [1.29, 1.82) is 5.26 Å². The summed E-state index contributed by atoms with van der Waals surface area (Å²) in [4.78, 5) is 0. The van der Waals surface area contributed by atoms with Crippen molar-refractivity contribution in [3.63, 3.8) is 0 Å². The monoisotopic (exact) mass is 273 g/mol. The first-order valence-electron chi connectivity index (χ1n) is 4.83. The molecule has 100 valence electrons. The number of nitrogens with one attached hydrogen (secondary N) is 1. The van der Waals surface area contributed by atoms with Crippen LogP contribution in [0, 0.1) is 17.2 Å². The van der Waals surface area contributed by atoms with Crippen molar-refractivity contribution < 1.29 is 21.6 Å². The van der Waals surface area contributed by atoms with E-state index in [2.05, 4.69) is 0 Å². The Kier molecular flexibility index (Phi) is 5.87. The van der Waals surface area contributed by atoms with E-state index in [9.17, 15) is 21.6 Å². The number of hydrogen-bond donors (Lipinski definition) is 1. The molecule has 0 aromatic carbocycles. The second-order valence-corrected chi connectivity index (χ2v) is 5.18. The molecule has 0 spiro atoms. The van der Waals surface area contributed by atoms with Crippen LogP contribution in [0.2, 0.25) is 0 Å². The fourth-order valence-electron chi connectivity index (χ4n) is 1.01. The highest BCUT2D eigenvalue weighted by Crippen LogP contribution is 2.13. The molecule has 0 aromatic heterocycles. The Hall–Kier alpha value is -0.850. The first-order chi connectivity index (χ1) is 7.62. The van der Waals surface area contributed by atoms with Gasteiger partial charge < -0.3 is 0 Å². The predicted octanol–water partition coefficient (Wildman–Crippen LogP) is 0.865. The molecular formula is C8H14F3N3O2S. The zero-order valence-electron chi connectivity index (χ0n) is 9.45. The van der Waals surface area contributed by atoms with E-state index in [1.165, 1.54) is 18.6 Å². The van der Waals surface area contributed by atoms with E-state index in [-0.39, 0.29) is 13.1 Å². The normalized spacial score (nSPS) is 14.6. The number of nitriles is 1. The topological polar surface area (TPSA) is 73.2 Å². The molecule has 9 heteroatoms. The number of nitrogens with zero attached hydrogens (tertiary/aromatic N) is 2. The minimum atomic E-state index is -4.60. The number of alkyl halides is 3. The van der Waals surface area contributed by atoms with E-state index in [4.69, 9.17) is 5.26 Å². The van der Waals surface area contributed by atoms with Crippen molar-refractivity contribution >= 4 is 10.2 Å². The summed E-state index contributed by atoms with van der Waals surface area (Å²) in [6.07, 6.45) is -4.60. The van der Waals surface area contributed by atoms with Crippen LogP contribution in [0.4, 0.5) is 13.2 Å². The zero-order chi connectivity index (χ0) is 13.7. The summed E-state index contributed by atoms with van der Waals surface area (Å²) in [5, 5.41) is 8.53. The minimum absolute atomic E-state index is 0.000783. The molecular weight excluding hydrogens is 259 g/mol. The molecule has 0 amide bonds. The summed E-state index contributed by atoms with van der Waals surface area (Å²) in [6, 6.07) is 1.82. The van der Waals surface area contributed by atoms with Crippen molar-refractivity contribution in [2.45, 2.75) is 20.0 Å². The minimum Gasteiger partial charge on any atom is -0.198 e. The Morgan fingerprint density at radius 1 is 1.47 bits per heavy atom. The van der Waals surface area contributed by atoms with Crippen LogP contribution in [-0.2, 0) is 10.2 Å². The van der Waals surface area contributed by atoms with Gasteiger partial charge in [0.15, 0.2) is 0 Å². The maximum Gasteiger partial charge on any atom is 0.402 e. The van der Waals surface area contributed by atoms with Crippen LogP contribution in [0.25, 0.3) is 0 Å². The van der Waals surface area contributed by atoms with Crippen LogP contribution in [0.3, 0.4) is 0 Å². The summed E-state index contributed by atoms with van der Waals surface area (Å²) in [5.74, 6) is -0.586. The first-order valence-corrected chi connectivity index (χ1v) is 6.27. The lowest BCUT2D eigenvalue weighted by molar-refractivity contribution is -0.121. The molecule has 0 aliphatic heterocycles. The second-order valence-electron chi connectivity index (χ2n) is 3.42. The highest BCUT2D eigenvalue weighted by atomic mass is 32.2. The van der Waals surface area contributed by atoms with E-state index < -0.39 is 28.8 Å². The van der Waals surface area contributed by atoms with Gasteiger partial charge in [-0.2, -0.15) is 35.9 Å². The third kappa shape index (κ3) is 6.45. The van der Waals surface area contributed by atoms with E-state index in [0.29, 0.717) is 0 Å². The van der Waals surface area contributed by atoms with Crippen molar-refractivity contribution in [2.75, 3.05) is 19.6 Å². The lowest BCUT2D eigenvalue weighted by Crippen LogP contribution is -2.45. The predicted molar refractivity (Wildman–Crippen MR) is 55.0 cm³/mol. The molecule has 1 unspecified atom stereocenters. The first kappa shape index (κ1) is 16.1. The molecule has 1 N–H and O–H groups in total. The largest absolute Gasteiger partial charge is 0.402 e. The maximum absolute atomic E-state index is 11.9. The Labute approximate surface area is 98.4 Å². The van der Waals surface area contributed by atoms with Gasteiger partial charge in [-0.05, 0) is 6.92 Å². The van der Waals surface area contributed by atoms with Crippen LogP contribution in [0.15, 0.2) is 0 Å². The van der Waals surface area contributed by atoms with Crippen LogP contribution < -0.4 is 4.72 Å². The molecule has 1 atom stereocenters. The standard InChI is InChI=1S/C8H14F3N3O2S/c1-3-14(5-7(2)4-12)17(15,16)13-6-8(9,10)11/h7,13H,3,5-6H2,1-2H3. The Morgan fingerprint density at radius 2 is 2.00 bits per heavy atom. The number of halogens is 3. The molecule has 5 nitrogen and oxygen atoms in total. The van der Waals surface area contributed by atoms with Gasteiger partial charge in [0.1, 0.15) is 6.54 Å². The van der Waals surface area contributed by atoms with Crippen molar-refractivity contribution in [1.82, 2.24) is 9.03 Å². The highest BCUT2D eigenvalue weighted by molar-refractivity contribution is 7.87. The molecule has 0 saturated heterocycles. The average molecular weight is 273 g/mol. The molecule has 0 radical (unpaired) electrons. The van der Waals surface area contributed by atoms with Gasteiger partial charge in [0.25, 0.3) is 10.2 Å². The second kappa shape index (κ2) is 6.18. The van der Waals surface area contributed by atoms with Gasteiger partial charge in [0.05, 0.1) is 12.0 Å². The summed E-state index contributed by atoms with van der Waals surface area (Å²) in [7, 11) is -4.20. The van der Waals surface area contributed by atoms with Gasteiger partial charge in [-0.15, -0.1) is 0 Å². The van der Waals surface area contributed by atoms with E-state index in [1.807, 2.05) is 6.07 Å². The van der Waals surface area contributed by atoms with Crippen LogP contribution in [-0.4, -0.2) is 38.5 Å². The van der Waals surface area contributed by atoms with Crippen LogP contribution in [0.1, 0.15) is 13.8 Å². The van der Waals surface area contributed by atoms with E-state index in [0.717, 1.165) is 4.31 Å². The van der Waals surface area contributed by atoms with Gasteiger partial charge in [0, 0.05) is 13.1 Å². The van der Waals surface area contributed by atoms with Crippen molar-refractivity contribution in [3.8, 4) is 6.07 Å². The van der Waals surface area contributed by atoms with Crippen LogP contribution >= 0.6 is 0 Å². The summed E-state index contributed by atoms with van der Waals surface area (Å²) < 4.78 is 60.8. The third-order valence-electron chi connectivity index (χ3n) is 1.85. The molecule has 0 bridgehead atoms. The SMILES string of the molecule is CCN(CC(C)C#N)S(=O)(=O)NCC(F)(F)F. The molecule has 0 saturated carbocycles. The molecule has 17 heavy (non-hydrogen) atoms. The maximum atomic E-state index is 11.9. The highest BCUT2D eigenvalue weighted by Gasteiger charge is 2.31. The van der Waals surface area contributed by atoms with Gasteiger partial charge in [-0.25, -0.2) is 0 Å². The van der Waals surface area contributed by atoms with Gasteiger partial charge >= 0.3 is 6.18 Å². The number of rotatable bonds is 6. The van der Waals surface area contributed by atoms with E-state index in [1.54, 1.807) is 0 Å². The lowest BCUT2D eigenvalue weighted by Gasteiger charge is -2.22. The quantitative estimate of drug-likeness (QED) is 0.780. The molecule has 0 heterocycles. The fraction of sp³-hybridized carbons (Fsp3) is 0.875.